The minimum absolute atomic E-state index is 0.215. The molecule has 0 radical (unpaired) electrons. The van der Waals surface area contributed by atoms with E-state index in [0.29, 0.717) is 16.6 Å². The van der Waals surface area contributed by atoms with Crippen LogP contribution < -0.4 is 0 Å². The molecule has 0 aliphatic carbocycles. The molecule has 5 heteroatoms. The fourth-order valence-electron chi connectivity index (χ4n) is 2.71. The summed E-state index contributed by atoms with van der Waals surface area (Å²) in [6.07, 6.45) is 3.52. The number of aliphatic carboxylic acids is 1. The predicted molar refractivity (Wildman–Crippen MR) is 81.6 cm³/mol. The first-order chi connectivity index (χ1) is 9.58. The number of likely N-dealkylation sites (tertiary alicyclic amines) is 1. The molecule has 1 N–H and O–H groups in total. The van der Waals surface area contributed by atoms with Gasteiger partial charge in [0.15, 0.2) is 0 Å². The Balaban J connectivity index is 1.82. The summed E-state index contributed by atoms with van der Waals surface area (Å²) in [6, 6.07) is 5.55. The van der Waals surface area contributed by atoms with Gasteiger partial charge in [0.2, 0.25) is 0 Å². The molecule has 0 amide bonds. The van der Waals surface area contributed by atoms with Crippen molar-refractivity contribution in [2.75, 3.05) is 19.6 Å². The number of benzene rings is 1. The standard InChI is InChI=1S/C15H19Cl2NO2/c16-13-6-1-7-14(17)12(13)5-3-9-18-8-2-4-11(10-18)15(19)20/h1,6-7,11H,2-5,8-10H2,(H,19,20). The van der Waals surface area contributed by atoms with Crippen LogP contribution in [0, 0.1) is 5.92 Å². The summed E-state index contributed by atoms with van der Waals surface area (Å²) in [5, 5.41) is 10.5. The van der Waals surface area contributed by atoms with Gasteiger partial charge >= 0.3 is 5.97 Å². The molecule has 0 bridgehead atoms. The lowest BCUT2D eigenvalue weighted by molar-refractivity contribution is -0.143. The molecule has 20 heavy (non-hydrogen) atoms. The van der Waals surface area contributed by atoms with Crippen molar-refractivity contribution in [1.29, 1.82) is 0 Å². The summed E-state index contributed by atoms with van der Waals surface area (Å²) >= 11 is 12.3. The average molecular weight is 316 g/mol. The van der Waals surface area contributed by atoms with Gasteiger partial charge in [-0.05, 0) is 56.5 Å². The predicted octanol–water partition coefficient (Wildman–Crippen LogP) is 3.72. The molecule has 0 saturated carbocycles. The summed E-state index contributed by atoms with van der Waals surface area (Å²) < 4.78 is 0. The van der Waals surface area contributed by atoms with Gasteiger partial charge in [-0.25, -0.2) is 0 Å². The van der Waals surface area contributed by atoms with Crippen LogP contribution in [0.25, 0.3) is 0 Å². The highest BCUT2D eigenvalue weighted by Gasteiger charge is 2.24. The Morgan fingerprint density at radius 2 is 2.05 bits per heavy atom. The molecular weight excluding hydrogens is 297 g/mol. The molecule has 1 fully saturated rings. The Bertz CT molecular complexity index is 459. The molecule has 0 spiro atoms. The number of carboxylic acid groups (broad SMARTS) is 1. The molecule has 0 aromatic heterocycles. The second-order valence-corrected chi connectivity index (χ2v) is 6.10. The van der Waals surface area contributed by atoms with E-state index >= 15 is 0 Å². The van der Waals surface area contributed by atoms with E-state index in [2.05, 4.69) is 4.90 Å². The zero-order valence-corrected chi connectivity index (χ0v) is 12.8. The van der Waals surface area contributed by atoms with E-state index < -0.39 is 5.97 Å². The van der Waals surface area contributed by atoms with Gasteiger partial charge in [0.05, 0.1) is 5.92 Å². The first-order valence-electron chi connectivity index (χ1n) is 6.96. The lowest BCUT2D eigenvalue weighted by Crippen LogP contribution is -2.39. The first-order valence-corrected chi connectivity index (χ1v) is 7.71. The SMILES string of the molecule is O=C(O)C1CCCN(CCCc2c(Cl)cccc2Cl)C1. The van der Waals surface area contributed by atoms with E-state index in [9.17, 15) is 4.79 Å². The minimum Gasteiger partial charge on any atom is -0.481 e. The number of carbonyl (C=O) groups is 1. The molecule has 1 atom stereocenters. The van der Waals surface area contributed by atoms with E-state index in [-0.39, 0.29) is 5.92 Å². The van der Waals surface area contributed by atoms with Crippen LogP contribution in [0.4, 0.5) is 0 Å². The van der Waals surface area contributed by atoms with Crippen LogP contribution in [0.3, 0.4) is 0 Å². The number of hydrogen-bond acceptors (Lipinski definition) is 2. The van der Waals surface area contributed by atoms with Gasteiger partial charge in [0, 0.05) is 16.6 Å². The lowest BCUT2D eigenvalue weighted by atomic mass is 9.98. The fraction of sp³-hybridized carbons (Fsp3) is 0.533. The van der Waals surface area contributed by atoms with Gasteiger partial charge in [-0.15, -0.1) is 0 Å². The molecule has 1 aromatic carbocycles. The van der Waals surface area contributed by atoms with Crippen molar-refractivity contribution in [2.24, 2.45) is 5.92 Å². The van der Waals surface area contributed by atoms with Gasteiger partial charge in [-0.1, -0.05) is 29.3 Å². The van der Waals surface area contributed by atoms with Crippen LogP contribution in [0.1, 0.15) is 24.8 Å². The van der Waals surface area contributed by atoms with E-state index in [0.717, 1.165) is 44.3 Å². The fourth-order valence-corrected chi connectivity index (χ4v) is 3.30. The van der Waals surface area contributed by atoms with E-state index in [1.54, 1.807) is 0 Å². The normalized spacial score (nSPS) is 20.0. The monoisotopic (exact) mass is 315 g/mol. The van der Waals surface area contributed by atoms with Crippen molar-refractivity contribution in [3.05, 3.63) is 33.8 Å². The van der Waals surface area contributed by atoms with Gasteiger partial charge in [-0.3, -0.25) is 4.79 Å². The first kappa shape index (κ1) is 15.6. The maximum absolute atomic E-state index is 11.0. The summed E-state index contributed by atoms with van der Waals surface area (Å²) in [7, 11) is 0. The zero-order valence-electron chi connectivity index (χ0n) is 11.3. The highest BCUT2D eigenvalue weighted by molar-refractivity contribution is 6.35. The quantitative estimate of drug-likeness (QED) is 0.900. The van der Waals surface area contributed by atoms with Gasteiger partial charge in [-0.2, -0.15) is 0 Å². The third-order valence-corrected chi connectivity index (χ3v) is 4.53. The van der Waals surface area contributed by atoms with Crippen molar-refractivity contribution < 1.29 is 9.90 Å². The van der Waals surface area contributed by atoms with Gasteiger partial charge < -0.3 is 10.0 Å². The summed E-state index contributed by atoms with van der Waals surface area (Å²) in [5.74, 6) is -0.892. The number of carboxylic acids is 1. The number of piperidine rings is 1. The molecule has 2 rings (SSSR count). The molecule has 1 aliphatic rings. The van der Waals surface area contributed by atoms with Crippen LogP contribution in [0.5, 0.6) is 0 Å². The highest BCUT2D eigenvalue weighted by Crippen LogP contribution is 2.26. The molecule has 1 saturated heterocycles. The Labute approximate surface area is 129 Å². The Hall–Kier alpha value is -0.770. The Kier molecular flexibility index (Phi) is 5.70. The molecule has 1 aliphatic heterocycles. The topological polar surface area (TPSA) is 40.5 Å². The van der Waals surface area contributed by atoms with Crippen molar-refractivity contribution in [3.8, 4) is 0 Å². The average Bonchev–Trinajstić information content (AvgIpc) is 2.42. The molecule has 3 nitrogen and oxygen atoms in total. The zero-order chi connectivity index (χ0) is 14.5. The van der Waals surface area contributed by atoms with Crippen molar-refractivity contribution in [2.45, 2.75) is 25.7 Å². The minimum atomic E-state index is -0.677. The maximum atomic E-state index is 11.0. The summed E-state index contributed by atoms with van der Waals surface area (Å²) in [6.45, 7) is 2.54. The third kappa shape index (κ3) is 4.11. The van der Waals surface area contributed by atoms with Crippen molar-refractivity contribution in [3.63, 3.8) is 0 Å². The van der Waals surface area contributed by atoms with Crippen LogP contribution >= 0.6 is 23.2 Å². The van der Waals surface area contributed by atoms with Crippen LogP contribution in [0.2, 0.25) is 10.0 Å². The second-order valence-electron chi connectivity index (χ2n) is 5.28. The van der Waals surface area contributed by atoms with E-state index in [1.807, 2.05) is 18.2 Å². The Morgan fingerprint density at radius 1 is 1.35 bits per heavy atom. The lowest BCUT2D eigenvalue weighted by Gasteiger charge is -2.30. The van der Waals surface area contributed by atoms with Crippen LogP contribution in [0.15, 0.2) is 18.2 Å². The van der Waals surface area contributed by atoms with Crippen molar-refractivity contribution >= 4 is 29.2 Å². The summed E-state index contributed by atoms with van der Waals surface area (Å²) in [4.78, 5) is 13.3. The number of halogens is 2. The third-order valence-electron chi connectivity index (χ3n) is 3.82. The Morgan fingerprint density at radius 3 is 2.70 bits per heavy atom. The molecule has 1 heterocycles. The smallest absolute Gasteiger partial charge is 0.307 e. The van der Waals surface area contributed by atoms with Crippen LogP contribution in [-0.4, -0.2) is 35.6 Å². The number of rotatable bonds is 5. The molecule has 1 aromatic rings. The highest BCUT2D eigenvalue weighted by atomic mass is 35.5. The van der Waals surface area contributed by atoms with Crippen LogP contribution in [-0.2, 0) is 11.2 Å². The second kappa shape index (κ2) is 7.30. The molecule has 110 valence electrons. The summed E-state index contributed by atoms with van der Waals surface area (Å²) in [5.41, 5.74) is 0.989. The maximum Gasteiger partial charge on any atom is 0.307 e. The number of nitrogens with zero attached hydrogens (tertiary/aromatic N) is 1. The van der Waals surface area contributed by atoms with E-state index in [4.69, 9.17) is 28.3 Å². The molecular formula is C15H19Cl2NO2. The molecule has 1 unspecified atom stereocenters. The van der Waals surface area contributed by atoms with E-state index in [1.165, 1.54) is 0 Å². The van der Waals surface area contributed by atoms with Gasteiger partial charge in [0.1, 0.15) is 0 Å². The number of hydrogen-bond donors (Lipinski definition) is 1. The van der Waals surface area contributed by atoms with Crippen molar-refractivity contribution in [1.82, 2.24) is 4.90 Å². The largest absolute Gasteiger partial charge is 0.481 e. The van der Waals surface area contributed by atoms with Gasteiger partial charge in [0.25, 0.3) is 0 Å².